The van der Waals surface area contributed by atoms with Crippen molar-refractivity contribution < 1.29 is 14.3 Å². The van der Waals surface area contributed by atoms with E-state index in [9.17, 15) is 4.79 Å². The molecule has 0 radical (unpaired) electrons. The number of pyridine rings is 1. The highest BCUT2D eigenvalue weighted by Gasteiger charge is 2.18. The monoisotopic (exact) mass is 391 g/mol. The number of amides is 1. The molecule has 0 saturated heterocycles. The summed E-state index contributed by atoms with van der Waals surface area (Å²) in [4.78, 5) is 17.0. The maximum Gasteiger partial charge on any atom is 0.268 e. The van der Waals surface area contributed by atoms with Gasteiger partial charge in [-0.05, 0) is 46.8 Å². The Morgan fingerprint density at radius 3 is 2.96 bits per heavy atom. The minimum absolute atomic E-state index is 0.104. The summed E-state index contributed by atoms with van der Waals surface area (Å²) in [6.45, 7) is 1.27. The van der Waals surface area contributed by atoms with E-state index in [0.29, 0.717) is 18.8 Å². The molecule has 0 fully saturated rings. The highest BCUT2D eigenvalue weighted by molar-refractivity contribution is 7.17. The van der Waals surface area contributed by atoms with Gasteiger partial charge >= 0.3 is 0 Å². The van der Waals surface area contributed by atoms with Crippen molar-refractivity contribution in [2.24, 2.45) is 0 Å². The standard InChI is InChI=1S/C21H17N3O3S/c25-21(23-11-15-2-1-6-22-10-15)17-9-20-16(5-7-28-20)24(17)12-14-3-4-18-19(8-14)27-13-26-18/h1-10H,11-13H2,(H,23,25). The van der Waals surface area contributed by atoms with Crippen molar-refractivity contribution in [1.82, 2.24) is 14.9 Å². The summed E-state index contributed by atoms with van der Waals surface area (Å²) in [6.07, 6.45) is 3.47. The predicted molar refractivity (Wildman–Crippen MR) is 107 cm³/mol. The molecular formula is C21H17N3O3S. The number of hydrogen-bond acceptors (Lipinski definition) is 5. The molecule has 0 unspecified atom stereocenters. The molecular weight excluding hydrogens is 374 g/mol. The molecule has 7 heteroatoms. The number of thiophene rings is 1. The summed E-state index contributed by atoms with van der Waals surface area (Å²) < 4.78 is 14.0. The van der Waals surface area contributed by atoms with Crippen molar-refractivity contribution in [3.63, 3.8) is 0 Å². The van der Waals surface area contributed by atoms with Gasteiger partial charge in [0.2, 0.25) is 6.79 Å². The SMILES string of the molecule is O=C(NCc1cccnc1)c1cc2sccc2n1Cc1ccc2c(c1)OCO2. The molecule has 0 atom stereocenters. The topological polar surface area (TPSA) is 65.4 Å². The molecule has 4 heterocycles. The molecule has 1 aromatic carbocycles. The van der Waals surface area contributed by atoms with Crippen LogP contribution in [0.15, 0.2) is 60.2 Å². The number of fused-ring (bicyclic) bond motifs is 2. The predicted octanol–water partition coefficient (Wildman–Crippen LogP) is 3.80. The zero-order valence-corrected chi connectivity index (χ0v) is 15.7. The lowest BCUT2D eigenvalue weighted by Crippen LogP contribution is -2.25. The average Bonchev–Trinajstić information content (AvgIpc) is 3.44. The molecule has 28 heavy (non-hydrogen) atoms. The van der Waals surface area contributed by atoms with E-state index >= 15 is 0 Å². The van der Waals surface area contributed by atoms with Gasteiger partial charge in [-0.25, -0.2) is 0 Å². The van der Waals surface area contributed by atoms with Crippen LogP contribution in [0.4, 0.5) is 0 Å². The van der Waals surface area contributed by atoms with Gasteiger partial charge in [-0.15, -0.1) is 11.3 Å². The van der Waals surface area contributed by atoms with Crippen LogP contribution in [0.25, 0.3) is 10.2 Å². The first-order valence-electron chi connectivity index (χ1n) is 8.90. The van der Waals surface area contributed by atoms with Crippen molar-refractivity contribution in [1.29, 1.82) is 0 Å². The number of rotatable bonds is 5. The lowest BCUT2D eigenvalue weighted by atomic mass is 10.2. The quantitative estimate of drug-likeness (QED) is 0.562. The number of nitrogens with one attached hydrogen (secondary N) is 1. The first-order chi connectivity index (χ1) is 13.8. The molecule has 5 rings (SSSR count). The third-order valence-electron chi connectivity index (χ3n) is 4.71. The second kappa shape index (κ2) is 7.01. The maximum absolute atomic E-state index is 12.9. The van der Waals surface area contributed by atoms with E-state index in [1.54, 1.807) is 23.7 Å². The van der Waals surface area contributed by atoms with Gasteiger partial charge in [-0.1, -0.05) is 12.1 Å². The fourth-order valence-electron chi connectivity index (χ4n) is 3.33. The summed E-state index contributed by atoms with van der Waals surface area (Å²) >= 11 is 1.63. The van der Waals surface area contributed by atoms with Crippen LogP contribution in [0.1, 0.15) is 21.6 Å². The van der Waals surface area contributed by atoms with Crippen molar-refractivity contribution in [2.75, 3.05) is 6.79 Å². The van der Waals surface area contributed by atoms with E-state index in [-0.39, 0.29) is 12.7 Å². The van der Waals surface area contributed by atoms with Crippen LogP contribution < -0.4 is 14.8 Å². The molecule has 0 saturated carbocycles. The van der Waals surface area contributed by atoms with Gasteiger partial charge in [0.25, 0.3) is 5.91 Å². The summed E-state index contributed by atoms with van der Waals surface area (Å²) in [5.41, 5.74) is 3.71. The number of ether oxygens (including phenoxy) is 2. The molecule has 1 aliphatic rings. The Kier molecular flexibility index (Phi) is 4.21. The smallest absolute Gasteiger partial charge is 0.268 e. The van der Waals surface area contributed by atoms with Crippen LogP contribution in [0.5, 0.6) is 11.5 Å². The summed E-state index contributed by atoms with van der Waals surface area (Å²) in [5.74, 6) is 1.40. The van der Waals surface area contributed by atoms with Crippen molar-refractivity contribution in [2.45, 2.75) is 13.1 Å². The summed E-state index contributed by atoms with van der Waals surface area (Å²) in [5, 5.41) is 5.03. The fourth-order valence-corrected chi connectivity index (χ4v) is 4.16. The first-order valence-corrected chi connectivity index (χ1v) is 9.78. The van der Waals surface area contributed by atoms with Crippen molar-refractivity contribution in [3.8, 4) is 11.5 Å². The average molecular weight is 391 g/mol. The highest BCUT2D eigenvalue weighted by Crippen LogP contribution is 2.33. The molecule has 0 bridgehead atoms. The number of carbonyl (C=O) groups excluding carboxylic acids is 1. The molecule has 0 aliphatic carbocycles. The van der Waals surface area contributed by atoms with Crippen LogP contribution in [0.2, 0.25) is 0 Å². The van der Waals surface area contributed by atoms with E-state index in [0.717, 1.165) is 32.8 Å². The number of hydrogen-bond donors (Lipinski definition) is 1. The van der Waals surface area contributed by atoms with Gasteiger partial charge in [-0.3, -0.25) is 9.78 Å². The Bertz CT molecular complexity index is 1150. The molecule has 1 N–H and O–H groups in total. The number of aromatic nitrogens is 2. The van der Waals surface area contributed by atoms with E-state index in [1.807, 2.05) is 52.4 Å². The van der Waals surface area contributed by atoms with Gasteiger partial charge < -0.3 is 19.4 Å². The Balaban J connectivity index is 1.43. The van der Waals surface area contributed by atoms with E-state index in [2.05, 4.69) is 10.3 Å². The normalized spacial score (nSPS) is 12.4. The minimum atomic E-state index is -0.104. The molecule has 1 amide bonds. The molecule has 1 aliphatic heterocycles. The van der Waals surface area contributed by atoms with E-state index in [4.69, 9.17) is 9.47 Å². The van der Waals surface area contributed by atoms with Crippen LogP contribution in [0.3, 0.4) is 0 Å². The number of carbonyl (C=O) groups is 1. The highest BCUT2D eigenvalue weighted by atomic mass is 32.1. The van der Waals surface area contributed by atoms with Crippen LogP contribution in [-0.4, -0.2) is 22.3 Å². The zero-order valence-electron chi connectivity index (χ0n) is 14.9. The molecule has 4 aromatic rings. The summed E-state index contributed by atoms with van der Waals surface area (Å²) in [7, 11) is 0. The largest absolute Gasteiger partial charge is 0.454 e. The Morgan fingerprint density at radius 1 is 1.14 bits per heavy atom. The second-order valence-electron chi connectivity index (χ2n) is 6.52. The van der Waals surface area contributed by atoms with E-state index < -0.39 is 0 Å². The molecule has 3 aromatic heterocycles. The third-order valence-corrected chi connectivity index (χ3v) is 5.56. The second-order valence-corrected chi connectivity index (χ2v) is 7.47. The first kappa shape index (κ1) is 16.8. The van der Waals surface area contributed by atoms with Gasteiger partial charge in [0, 0.05) is 25.5 Å². The van der Waals surface area contributed by atoms with Crippen LogP contribution in [-0.2, 0) is 13.1 Å². The molecule has 0 spiro atoms. The Morgan fingerprint density at radius 2 is 2.07 bits per heavy atom. The number of benzene rings is 1. The Labute approximate surface area is 165 Å². The fraction of sp³-hybridized carbons (Fsp3) is 0.143. The van der Waals surface area contributed by atoms with Gasteiger partial charge in [0.1, 0.15) is 5.69 Å². The van der Waals surface area contributed by atoms with Crippen molar-refractivity contribution in [3.05, 3.63) is 77.1 Å². The Hall–Kier alpha value is -3.32. The zero-order chi connectivity index (χ0) is 18.9. The third kappa shape index (κ3) is 3.10. The van der Waals surface area contributed by atoms with Gasteiger partial charge in [0.05, 0.1) is 10.2 Å². The lowest BCUT2D eigenvalue weighted by molar-refractivity contribution is 0.0942. The van der Waals surface area contributed by atoms with Crippen LogP contribution in [0, 0.1) is 0 Å². The molecule has 140 valence electrons. The van der Waals surface area contributed by atoms with Crippen LogP contribution >= 0.6 is 11.3 Å². The number of nitrogens with zero attached hydrogens (tertiary/aromatic N) is 2. The van der Waals surface area contributed by atoms with Gasteiger partial charge in [0.15, 0.2) is 11.5 Å². The minimum Gasteiger partial charge on any atom is -0.454 e. The molecule has 6 nitrogen and oxygen atoms in total. The lowest BCUT2D eigenvalue weighted by Gasteiger charge is -2.11. The van der Waals surface area contributed by atoms with Gasteiger partial charge in [-0.2, -0.15) is 0 Å². The maximum atomic E-state index is 12.9. The van der Waals surface area contributed by atoms with Crippen molar-refractivity contribution >= 4 is 27.5 Å². The summed E-state index contributed by atoms with van der Waals surface area (Å²) in [6, 6.07) is 13.7. The van der Waals surface area contributed by atoms with E-state index in [1.165, 1.54) is 0 Å².